The molecule has 0 N–H and O–H groups in total. The summed E-state index contributed by atoms with van der Waals surface area (Å²) in [5.41, 5.74) is 2.61. The Morgan fingerprint density at radius 1 is 1.07 bits per heavy atom. The number of hydrogen-bond acceptors (Lipinski definition) is 4. The van der Waals surface area contributed by atoms with E-state index in [-0.39, 0.29) is 5.91 Å². The number of carbonyl (C=O) groups is 1. The van der Waals surface area contributed by atoms with Gasteiger partial charge >= 0.3 is 0 Å². The first-order valence-electron chi connectivity index (χ1n) is 11.3. The second-order valence-corrected chi connectivity index (χ2v) is 9.17. The number of likely N-dealkylation sites (tertiary alicyclic amines) is 2. The summed E-state index contributed by atoms with van der Waals surface area (Å²) in [5.74, 6) is 0.620. The molecule has 2 aliphatic heterocycles. The molecule has 2 aromatic rings. The monoisotopic (exact) mass is 405 g/mol. The van der Waals surface area contributed by atoms with E-state index >= 15 is 0 Å². The highest BCUT2D eigenvalue weighted by Crippen LogP contribution is 2.59. The Kier molecular flexibility index (Phi) is 5.23. The maximum Gasteiger partial charge on any atom is 0.255 e. The largest absolute Gasteiger partial charge is 0.481 e. The number of nitrogens with zero attached hydrogens (tertiary/aromatic N) is 3. The fourth-order valence-electron chi connectivity index (χ4n) is 6.02. The molecule has 5 rings (SSSR count). The topological polar surface area (TPSA) is 45.7 Å². The summed E-state index contributed by atoms with van der Waals surface area (Å²) in [5, 5.41) is 0. The predicted octanol–water partition coefficient (Wildman–Crippen LogP) is 4.31. The van der Waals surface area contributed by atoms with Crippen LogP contribution in [0.25, 0.3) is 0 Å². The molecule has 1 aliphatic carbocycles. The molecular formula is C25H31N3O2. The predicted molar refractivity (Wildman–Crippen MR) is 117 cm³/mol. The number of benzene rings is 1. The van der Waals surface area contributed by atoms with Crippen LogP contribution in [0.15, 0.2) is 48.7 Å². The summed E-state index contributed by atoms with van der Waals surface area (Å²) in [6, 6.07) is 15.8. The first-order valence-corrected chi connectivity index (χ1v) is 11.3. The molecule has 1 aromatic carbocycles. The van der Waals surface area contributed by atoms with E-state index in [1.165, 1.54) is 37.8 Å². The molecule has 2 saturated heterocycles. The Bertz CT molecular complexity index is 869. The number of pyridine rings is 1. The van der Waals surface area contributed by atoms with E-state index in [1.807, 2.05) is 11.0 Å². The molecule has 30 heavy (non-hydrogen) atoms. The van der Waals surface area contributed by atoms with Gasteiger partial charge in [0.1, 0.15) is 0 Å². The SMILES string of the molecule is COc1ccc(C(=O)N2CCC(N3CC4(CCCC4)C3c3ccccc3)CC2)cn1. The quantitative estimate of drug-likeness (QED) is 0.760. The fourth-order valence-corrected chi connectivity index (χ4v) is 6.02. The minimum absolute atomic E-state index is 0.0825. The van der Waals surface area contributed by atoms with Crippen molar-refractivity contribution in [3.63, 3.8) is 0 Å². The van der Waals surface area contributed by atoms with Gasteiger partial charge in [-0.05, 0) is 37.3 Å². The molecule has 1 spiro atoms. The maximum absolute atomic E-state index is 12.9. The molecule has 158 valence electrons. The van der Waals surface area contributed by atoms with E-state index in [1.54, 1.807) is 19.4 Å². The highest BCUT2D eigenvalue weighted by molar-refractivity contribution is 5.94. The normalized spacial score (nSPS) is 24.0. The number of rotatable bonds is 4. The van der Waals surface area contributed by atoms with Gasteiger partial charge in [0.15, 0.2) is 0 Å². The molecule has 3 fully saturated rings. The molecule has 3 aliphatic rings. The third-order valence-electron chi connectivity index (χ3n) is 7.54. The number of methoxy groups -OCH3 is 1. The van der Waals surface area contributed by atoms with Gasteiger partial charge in [-0.3, -0.25) is 9.69 Å². The van der Waals surface area contributed by atoms with Crippen LogP contribution in [0.1, 0.15) is 60.5 Å². The Balaban J connectivity index is 1.25. The molecule has 1 amide bonds. The summed E-state index contributed by atoms with van der Waals surface area (Å²) in [6.07, 6.45) is 9.21. The van der Waals surface area contributed by atoms with Gasteiger partial charge in [0, 0.05) is 49.4 Å². The third-order valence-corrected chi connectivity index (χ3v) is 7.54. The average Bonchev–Trinajstić information content (AvgIpc) is 3.30. The maximum atomic E-state index is 12.9. The molecule has 1 saturated carbocycles. The Labute approximate surface area is 179 Å². The Hall–Kier alpha value is -2.40. The van der Waals surface area contributed by atoms with Gasteiger partial charge in [-0.15, -0.1) is 0 Å². The van der Waals surface area contributed by atoms with Crippen LogP contribution in [0.5, 0.6) is 5.88 Å². The first kappa shape index (κ1) is 19.6. The van der Waals surface area contributed by atoms with E-state index in [0.717, 1.165) is 25.9 Å². The minimum Gasteiger partial charge on any atom is -0.481 e. The smallest absolute Gasteiger partial charge is 0.255 e. The fraction of sp³-hybridized carbons (Fsp3) is 0.520. The second-order valence-electron chi connectivity index (χ2n) is 9.17. The van der Waals surface area contributed by atoms with Crippen molar-refractivity contribution in [2.75, 3.05) is 26.7 Å². The zero-order valence-electron chi connectivity index (χ0n) is 17.8. The zero-order valence-corrected chi connectivity index (χ0v) is 17.8. The highest BCUT2D eigenvalue weighted by atomic mass is 16.5. The molecular weight excluding hydrogens is 374 g/mol. The van der Waals surface area contributed by atoms with Crippen LogP contribution in [0.4, 0.5) is 0 Å². The number of amides is 1. The van der Waals surface area contributed by atoms with Crippen molar-refractivity contribution in [1.82, 2.24) is 14.8 Å². The van der Waals surface area contributed by atoms with Crippen LogP contribution in [-0.4, -0.2) is 53.5 Å². The van der Waals surface area contributed by atoms with Crippen LogP contribution < -0.4 is 4.74 Å². The standard InChI is InChI=1S/C25H31N3O2/c1-30-22-10-9-20(17-26-22)24(29)27-15-11-21(12-16-27)28-18-25(13-5-6-14-25)23(28)19-7-3-2-4-8-19/h2-4,7-10,17,21,23H,5-6,11-16,18H2,1H3. The van der Waals surface area contributed by atoms with E-state index in [4.69, 9.17) is 4.74 Å². The van der Waals surface area contributed by atoms with E-state index < -0.39 is 0 Å². The molecule has 0 bridgehead atoms. The molecule has 1 unspecified atom stereocenters. The van der Waals surface area contributed by atoms with E-state index in [0.29, 0.717) is 28.9 Å². The zero-order chi connectivity index (χ0) is 20.6. The van der Waals surface area contributed by atoms with Gasteiger partial charge in [-0.25, -0.2) is 4.98 Å². The van der Waals surface area contributed by atoms with Crippen LogP contribution in [0, 0.1) is 5.41 Å². The second kappa shape index (κ2) is 8.03. The van der Waals surface area contributed by atoms with Gasteiger partial charge in [0.2, 0.25) is 5.88 Å². The summed E-state index contributed by atoms with van der Waals surface area (Å²) in [6.45, 7) is 2.87. The lowest BCUT2D eigenvalue weighted by Crippen LogP contribution is -2.62. The Morgan fingerprint density at radius 3 is 2.43 bits per heavy atom. The van der Waals surface area contributed by atoms with Gasteiger partial charge in [-0.2, -0.15) is 0 Å². The van der Waals surface area contributed by atoms with Crippen molar-refractivity contribution in [3.05, 3.63) is 59.8 Å². The molecule has 5 heteroatoms. The third kappa shape index (κ3) is 3.39. The molecule has 1 atom stereocenters. The lowest BCUT2D eigenvalue weighted by Gasteiger charge is -2.60. The summed E-state index contributed by atoms with van der Waals surface area (Å²) < 4.78 is 5.10. The number of piperidine rings is 1. The van der Waals surface area contributed by atoms with E-state index in [9.17, 15) is 4.79 Å². The Morgan fingerprint density at radius 2 is 1.80 bits per heavy atom. The first-order chi connectivity index (χ1) is 14.7. The number of ether oxygens (including phenoxy) is 1. The van der Waals surface area contributed by atoms with Crippen LogP contribution in [0.2, 0.25) is 0 Å². The van der Waals surface area contributed by atoms with Crippen LogP contribution in [0.3, 0.4) is 0 Å². The molecule has 0 radical (unpaired) electrons. The number of carbonyl (C=O) groups excluding carboxylic acids is 1. The van der Waals surface area contributed by atoms with Crippen molar-refractivity contribution in [2.24, 2.45) is 5.41 Å². The van der Waals surface area contributed by atoms with Crippen molar-refractivity contribution < 1.29 is 9.53 Å². The average molecular weight is 406 g/mol. The molecule has 1 aromatic heterocycles. The number of aromatic nitrogens is 1. The molecule has 3 heterocycles. The lowest BCUT2D eigenvalue weighted by atomic mass is 9.66. The highest BCUT2D eigenvalue weighted by Gasteiger charge is 2.55. The summed E-state index contributed by atoms with van der Waals surface area (Å²) in [7, 11) is 1.59. The van der Waals surface area contributed by atoms with Gasteiger partial charge in [-0.1, -0.05) is 43.2 Å². The number of hydrogen-bond donors (Lipinski definition) is 0. The summed E-state index contributed by atoms with van der Waals surface area (Å²) in [4.78, 5) is 21.8. The van der Waals surface area contributed by atoms with Gasteiger partial charge in [0.25, 0.3) is 5.91 Å². The van der Waals surface area contributed by atoms with Gasteiger partial charge < -0.3 is 9.64 Å². The van der Waals surface area contributed by atoms with Crippen molar-refractivity contribution in [3.8, 4) is 5.88 Å². The van der Waals surface area contributed by atoms with Crippen molar-refractivity contribution in [1.29, 1.82) is 0 Å². The molecule has 5 nitrogen and oxygen atoms in total. The van der Waals surface area contributed by atoms with E-state index in [2.05, 4.69) is 40.2 Å². The van der Waals surface area contributed by atoms with Crippen LogP contribution in [-0.2, 0) is 0 Å². The van der Waals surface area contributed by atoms with Crippen LogP contribution >= 0.6 is 0 Å². The summed E-state index contributed by atoms with van der Waals surface area (Å²) >= 11 is 0. The van der Waals surface area contributed by atoms with Crippen molar-refractivity contribution in [2.45, 2.75) is 50.6 Å². The lowest BCUT2D eigenvalue weighted by molar-refractivity contribution is -0.111. The minimum atomic E-state index is 0.0825. The van der Waals surface area contributed by atoms with Crippen molar-refractivity contribution >= 4 is 5.91 Å². The van der Waals surface area contributed by atoms with Gasteiger partial charge in [0.05, 0.1) is 12.7 Å².